The maximum Gasteiger partial charge on any atom is 0.271 e. The van der Waals surface area contributed by atoms with Crippen LogP contribution in [0, 0.1) is 5.92 Å². The third kappa shape index (κ3) is 3.52. The van der Waals surface area contributed by atoms with Crippen LogP contribution in [0.1, 0.15) is 43.1 Å². The van der Waals surface area contributed by atoms with Crippen LogP contribution in [0.3, 0.4) is 0 Å². The number of aromatic nitrogens is 2. The molecule has 2 unspecified atom stereocenters. The lowest BCUT2D eigenvalue weighted by Gasteiger charge is -2.30. The lowest BCUT2D eigenvalue weighted by Crippen LogP contribution is -2.48. The van der Waals surface area contributed by atoms with Gasteiger partial charge in [0.15, 0.2) is 0 Å². The minimum Gasteiger partial charge on any atom is -0.359 e. The van der Waals surface area contributed by atoms with Crippen molar-refractivity contribution in [3.05, 3.63) is 28.2 Å². The van der Waals surface area contributed by atoms with Crippen molar-refractivity contribution >= 4 is 11.8 Å². The highest BCUT2D eigenvalue weighted by molar-refractivity contribution is 5.92. The van der Waals surface area contributed by atoms with Gasteiger partial charge in [-0.3, -0.25) is 14.4 Å². The number of rotatable bonds is 4. The fourth-order valence-electron chi connectivity index (χ4n) is 2.84. The van der Waals surface area contributed by atoms with Crippen molar-refractivity contribution in [2.75, 3.05) is 7.05 Å². The molecule has 7 nitrogen and oxygen atoms in total. The topological polar surface area (TPSA) is 93.1 Å². The number of amides is 2. The summed E-state index contributed by atoms with van der Waals surface area (Å²) in [5.74, 6) is -0.598. The standard InChI is InChI=1S/C15H22N4O3/c1-3-19-13(20)9-8-12(18-19)15(22)17-11-7-5-4-6-10(11)14(21)16-2/h8-11H,3-7H2,1-2H3,(H,16,21)(H,17,22). The van der Waals surface area contributed by atoms with Gasteiger partial charge >= 0.3 is 0 Å². The molecule has 2 N–H and O–H groups in total. The average Bonchev–Trinajstić information content (AvgIpc) is 2.55. The minimum atomic E-state index is -0.344. The van der Waals surface area contributed by atoms with Crippen molar-refractivity contribution in [1.29, 1.82) is 0 Å². The fraction of sp³-hybridized carbons (Fsp3) is 0.600. The first-order valence-corrected chi connectivity index (χ1v) is 7.67. The van der Waals surface area contributed by atoms with E-state index in [0.717, 1.165) is 25.7 Å². The molecule has 1 saturated carbocycles. The van der Waals surface area contributed by atoms with Crippen LogP contribution >= 0.6 is 0 Å². The Hall–Kier alpha value is -2.18. The lowest BCUT2D eigenvalue weighted by atomic mass is 9.83. The van der Waals surface area contributed by atoms with E-state index in [4.69, 9.17) is 0 Å². The van der Waals surface area contributed by atoms with E-state index >= 15 is 0 Å². The molecule has 0 radical (unpaired) electrons. The molecule has 2 rings (SSSR count). The zero-order valence-electron chi connectivity index (χ0n) is 13.0. The van der Waals surface area contributed by atoms with Crippen molar-refractivity contribution in [3.8, 4) is 0 Å². The summed E-state index contributed by atoms with van der Waals surface area (Å²) in [7, 11) is 1.61. The fourth-order valence-corrected chi connectivity index (χ4v) is 2.84. The SMILES string of the molecule is CCn1nc(C(=O)NC2CCCCC2C(=O)NC)ccc1=O. The maximum absolute atomic E-state index is 12.3. The van der Waals surface area contributed by atoms with Gasteiger partial charge in [-0.2, -0.15) is 5.10 Å². The van der Waals surface area contributed by atoms with E-state index in [9.17, 15) is 14.4 Å². The van der Waals surface area contributed by atoms with Gasteiger partial charge in [-0.1, -0.05) is 12.8 Å². The largest absolute Gasteiger partial charge is 0.359 e. The van der Waals surface area contributed by atoms with Gasteiger partial charge in [0.25, 0.3) is 11.5 Å². The number of hydrogen-bond donors (Lipinski definition) is 2. The van der Waals surface area contributed by atoms with Gasteiger partial charge in [-0.05, 0) is 25.8 Å². The Morgan fingerprint density at radius 3 is 2.73 bits per heavy atom. The van der Waals surface area contributed by atoms with E-state index < -0.39 is 0 Å². The second kappa shape index (κ2) is 7.20. The van der Waals surface area contributed by atoms with Gasteiger partial charge < -0.3 is 10.6 Å². The van der Waals surface area contributed by atoms with E-state index in [-0.39, 0.29) is 35.0 Å². The molecule has 2 atom stereocenters. The van der Waals surface area contributed by atoms with Gasteiger partial charge in [-0.15, -0.1) is 0 Å². The van der Waals surface area contributed by atoms with E-state index in [0.29, 0.717) is 6.54 Å². The molecule has 1 aromatic heterocycles. The van der Waals surface area contributed by atoms with Gasteiger partial charge in [0.05, 0.1) is 5.92 Å². The van der Waals surface area contributed by atoms with Crippen LogP contribution in [0.25, 0.3) is 0 Å². The van der Waals surface area contributed by atoms with E-state index in [1.165, 1.54) is 16.8 Å². The van der Waals surface area contributed by atoms with Crippen molar-refractivity contribution < 1.29 is 9.59 Å². The highest BCUT2D eigenvalue weighted by Gasteiger charge is 2.31. The molecule has 1 fully saturated rings. The summed E-state index contributed by atoms with van der Waals surface area (Å²) in [6.45, 7) is 2.20. The third-order valence-electron chi connectivity index (χ3n) is 4.06. The number of carbonyl (C=O) groups excluding carboxylic acids is 2. The highest BCUT2D eigenvalue weighted by atomic mass is 16.2. The Kier molecular flexibility index (Phi) is 5.30. The molecule has 0 aromatic carbocycles. The van der Waals surface area contributed by atoms with Gasteiger partial charge in [0, 0.05) is 25.7 Å². The number of aryl methyl sites for hydroxylation is 1. The first kappa shape index (κ1) is 16.2. The summed E-state index contributed by atoms with van der Waals surface area (Å²) in [4.78, 5) is 35.8. The molecule has 1 aromatic rings. The second-order valence-corrected chi connectivity index (χ2v) is 5.46. The average molecular weight is 306 g/mol. The number of nitrogens with zero attached hydrogens (tertiary/aromatic N) is 2. The molecule has 0 saturated heterocycles. The normalized spacial score (nSPS) is 21.2. The molecule has 1 aliphatic rings. The first-order valence-electron chi connectivity index (χ1n) is 7.67. The number of nitrogens with one attached hydrogen (secondary N) is 2. The molecule has 1 heterocycles. The molecular weight excluding hydrogens is 284 g/mol. The van der Waals surface area contributed by atoms with E-state index in [2.05, 4.69) is 15.7 Å². The molecule has 7 heteroatoms. The van der Waals surface area contributed by atoms with Crippen LogP contribution in [0.15, 0.2) is 16.9 Å². The van der Waals surface area contributed by atoms with Crippen LogP contribution in [0.5, 0.6) is 0 Å². The molecule has 120 valence electrons. The maximum atomic E-state index is 12.3. The van der Waals surface area contributed by atoms with Gasteiger partial charge in [0.2, 0.25) is 5.91 Å². The summed E-state index contributed by atoms with van der Waals surface area (Å²) in [6, 6.07) is 2.56. The predicted octanol–water partition coefficient (Wildman–Crippen LogP) is 0.298. The molecule has 1 aliphatic carbocycles. The van der Waals surface area contributed by atoms with Gasteiger partial charge in [-0.25, -0.2) is 4.68 Å². The van der Waals surface area contributed by atoms with Crippen molar-refractivity contribution in [2.24, 2.45) is 5.92 Å². The Morgan fingerprint density at radius 1 is 1.32 bits per heavy atom. The van der Waals surface area contributed by atoms with Crippen LogP contribution in [0.4, 0.5) is 0 Å². The zero-order valence-corrected chi connectivity index (χ0v) is 13.0. The Balaban J connectivity index is 2.12. The van der Waals surface area contributed by atoms with Crippen LogP contribution in [-0.2, 0) is 11.3 Å². The van der Waals surface area contributed by atoms with Crippen LogP contribution < -0.4 is 16.2 Å². The quantitative estimate of drug-likeness (QED) is 0.836. The minimum absolute atomic E-state index is 0.0449. The van der Waals surface area contributed by atoms with Crippen LogP contribution in [0.2, 0.25) is 0 Å². The van der Waals surface area contributed by atoms with E-state index in [1.807, 2.05) is 0 Å². The Labute approximate surface area is 129 Å². The smallest absolute Gasteiger partial charge is 0.271 e. The Morgan fingerprint density at radius 2 is 2.05 bits per heavy atom. The first-order chi connectivity index (χ1) is 10.6. The molecule has 0 aliphatic heterocycles. The summed E-state index contributed by atoms with van der Waals surface area (Å²) >= 11 is 0. The predicted molar refractivity (Wildman–Crippen MR) is 81.4 cm³/mol. The second-order valence-electron chi connectivity index (χ2n) is 5.46. The van der Waals surface area contributed by atoms with Crippen molar-refractivity contribution in [1.82, 2.24) is 20.4 Å². The molecule has 2 amide bonds. The summed E-state index contributed by atoms with van der Waals surface area (Å²) in [6.07, 6.45) is 3.52. The van der Waals surface area contributed by atoms with E-state index in [1.54, 1.807) is 14.0 Å². The van der Waals surface area contributed by atoms with Crippen molar-refractivity contribution in [3.63, 3.8) is 0 Å². The number of hydrogen-bond acceptors (Lipinski definition) is 4. The number of carbonyl (C=O) groups is 2. The lowest BCUT2D eigenvalue weighted by molar-refractivity contribution is -0.126. The molecule has 22 heavy (non-hydrogen) atoms. The summed E-state index contributed by atoms with van der Waals surface area (Å²) in [5.41, 5.74) is -0.0392. The Bertz CT molecular complexity index is 611. The van der Waals surface area contributed by atoms with Gasteiger partial charge in [0.1, 0.15) is 5.69 Å². The zero-order chi connectivity index (χ0) is 16.1. The third-order valence-corrected chi connectivity index (χ3v) is 4.06. The highest BCUT2D eigenvalue weighted by Crippen LogP contribution is 2.24. The van der Waals surface area contributed by atoms with Crippen LogP contribution in [-0.4, -0.2) is 34.7 Å². The monoisotopic (exact) mass is 306 g/mol. The molecule has 0 spiro atoms. The molecular formula is C15H22N4O3. The molecule has 0 bridgehead atoms. The summed E-state index contributed by atoms with van der Waals surface area (Å²) in [5, 5.41) is 9.58. The summed E-state index contributed by atoms with van der Waals surface area (Å²) < 4.78 is 1.24. The van der Waals surface area contributed by atoms with Crippen molar-refractivity contribution in [2.45, 2.75) is 45.2 Å².